The molecule has 1 saturated heterocycles. The third-order valence-corrected chi connectivity index (χ3v) is 7.76. The van der Waals surface area contributed by atoms with Gasteiger partial charge in [0.1, 0.15) is 12.1 Å². The Hall–Kier alpha value is -2.62. The van der Waals surface area contributed by atoms with E-state index in [0.717, 1.165) is 25.7 Å². The highest BCUT2D eigenvalue weighted by Crippen LogP contribution is 2.36. The molecule has 35 heavy (non-hydrogen) atoms. The molecule has 2 aliphatic carbocycles. The number of halogens is 3. The van der Waals surface area contributed by atoms with E-state index >= 15 is 4.39 Å². The first-order valence-electron chi connectivity index (χ1n) is 12.5. The van der Waals surface area contributed by atoms with Crippen LogP contribution in [0.4, 0.5) is 13.2 Å². The first-order valence-corrected chi connectivity index (χ1v) is 12.5. The van der Waals surface area contributed by atoms with E-state index in [4.69, 9.17) is 4.74 Å². The molecule has 2 aliphatic heterocycles. The Morgan fingerprint density at radius 3 is 2.51 bits per heavy atom. The van der Waals surface area contributed by atoms with E-state index in [1.165, 1.54) is 17.0 Å². The predicted molar refractivity (Wildman–Crippen MR) is 119 cm³/mol. The lowest BCUT2D eigenvalue weighted by Crippen LogP contribution is -2.52. The molecule has 4 aliphatic rings. The minimum absolute atomic E-state index is 0.00612. The summed E-state index contributed by atoms with van der Waals surface area (Å²) < 4.78 is 48.7. The number of nitrogens with one attached hydrogen (secondary N) is 2. The number of hydrogen-bond donors (Lipinski definition) is 2. The van der Waals surface area contributed by atoms with Gasteiger partial charge >= 0.3 is 0 Å². The van der Waals surface area contributed by atoms with Crippen LogP contribution in [-0.2, 0) is 16.1 Å². The van der Waals surface area contributed by atoms with Gasteiger partial charge in [0.25, 0.3) is 5.91 Å². The van der Waals surface area contributed by atoms with Crippen molar-refractivity contribution in [3.63, 3.8) is 0 Å². The number of carbonyl (C=O) groups is 3. The summed E-state index contributed by atoms with van der Waals surface area (Å²) in [4.78, 5) is 37.9. The number of carbonyl (C=O) groups excluding carboxylic acids is 3. The summed E-state index contributed by atoms with van der Waals surface area (Å²) in [5.74, 6) is -4.52. The highest BCUT2D eigenvalue weighted by molar-refractivity contribution is 6.05. The van der Waals surface area contributed by atoms with Gasteiger partial charge in [-0.25, -0.2) is 13.2 Å². The van der Waals surface area contributed by atoms with Gasteiger partial charge in [-0.2, -0.15) is 0 Å². The van der Waals surface area contributed by atoms with E-state index < -0.39 is 29.6 Å². The van der Waals surface area contributed by atoms with Crippen LogP contribution < -0.4 is 15.4 Å². The fourth-order valence-corrected chi connectivity index (χ4v) is 5.77. The Kier molecular flexibility index (Phi) is 6.50. The molecule has 10 heteroatoms. The van der Waals surface area contributed by atoms with Gasteiger partial charge in [-0.1, -0.05) is 6.42 Å². The summed E-state index contributed by atoms with van der Waals surface area (Å²) in [5.41, 5.74) is 0.382. The molecule has 3 amide bonds. The number of alkyl halides is 2. The van der Waals surface area contributed by atoms with E-state index in [2.05, 4.69) is 10.6 Å². The third-order valence-electron chi connectivity index (χ3n) is 7.76. The monoisotopic (exact) mass is 493 g/mol. The van der Waals surface area contributed by atoms with Crippen LogP contribution in [-0.4, -0.2) is 52.8 Å². The second kappa shape index (κ2) is 9.44. The first kappa shape index (κ1) is 24.1. The van der Waals surface area contributed by atoms with Gasteiger partial charge in [0, 0.05) is 42.5 Å². The van der Waals surface area contributed by atoms with Crippen molar-refractivity contribution in [2.75, 3.05) is 0 Å². The van der Waals surface area contributed by atoms with Gasteiger partial charge in [-0.3, -0.25) is 19.7 Å². The number of ether oxygens (including phenoxy) is 1. The van der Waals surface area contributed by atoms with Gasteiger partial charge in [0.2, 0.25) is 17.7 Å². The van der Waals surface area contributed by atoms with Crippen LogP contribution in [0.25, 0.3) is 0 Å². The zero-order valence-electron chi connectivity index (χ0n) is 19.5. The molecule has 2 heterocycles. The molecule has 2 saturated carbocycles. The quantitative estimate of drug-likeness (QED) is 0.614. The van der Waals surface area contributed by atoms with Gasteiger partial charge in [-0.15, -0.1) is 0 Å². The number of hydrogen-bond acceptors (Lipinski definition) is 5. The molecule has 0 spiro atoms. The average molecular weight is 494 g/mol. The minimum Gasteiger partial charge on any atom is -0.486 e. The second-order valence-corrected chi connectivity index (χ2v) is 10.1. The molecule has 0 bridgehead atoms. The summed E-state index contributed by atoms with van der Waals surface area (Å²) in [6.45, 7) is -0.0634. The molecule has 1 aromatic rings. The van der Waals surface area contributed by atoms with Gasteiger partial charge in [0.15, 0.2) is 11.6 Å². The molecule has 7 nitrogen and oxygen atoms in total. The number of fused-ring (bicyclic) bond motifs is 1. The largest absolute Gasteiger partial charge is 0.486 e. The van der Waals surface area contributed by atoms with Crippen molar-refractivity contribution in [3.05, 3.63) is 29.1 Å². The van der Waals surface area contributed by atoms with Crippen molar-refractivity contribution < 1.29 is 32.3 Å². The lowest BCUT2D eigenvalue weighted by molar-refractivity contribution is -0.136. The first-order chi connectivity index (χ1) is 16.7. The van der Waals surface area contributed by atoms with Crippen molar-refractivity contribution in [2.45, 2.75) is 101 Å². The minimum atomic E-state index is -2.59. The van der Waals surface area contributed by atoms with Gasteiger partial charge in [0.05, 0.1) is 6.54 Å². The Morgan fingerprint density at radius 1 is 1.03 bits per heavy atom. The smallest absolute Gasteiger partial charge is 0.255 e. The van der Waals surface area contributed by atoms with Crippen molar-refractivity contribution in [2.24, 2.45) is 0 Å². The Balaban J connectivity index is 1.28. The topological polar surface area (TPSA) is 87.7 Å². The van der Waals surface area contributed by atoms with E-state index in [9.17, 15) is 23.2 Å². The van der Waals surface area contributed by atoms with E-state index in [-0.39, 0.29) is 73.2 Å². The zero-order chi connectivity index (χ0) is 24.7. The fraction of sp³-hybridized carbons (Fsp3) is 0.640. The van der Waals surface area contributed by atoms with Gasteiger partial charge < -0.3 is 15.0 Å². The van der Waals surface area contributed by atoms with Crippen LogP contribution in [0.3, 0.4) is 0 Å². The van der Waals surface area contributed by atoms with Gasteiger partial charge in [-0.05, 0) is 50.7 Å². The highest BCUT2D eigenvalue weighted by atomic mass is 19.3. The Morgan fingerprint density at radius 2 is 1.77 bits per heavy atom. The van der Waals surface area contributed by atoms with Crippen LogP contribution >= 0.6 is 0 Å². The zero-order valence-corrected chi connectivity index (χ0v) is 19.5. The standard InChI is InChI=1S/C25H30F3N3O4/c26-22-16-13-31(18-6-8-21(32)30-23(18)33)24(34)15(16)5-7-20(22)35-19-4-2-1-3-17(19)29-14-9-11-25(27,28)12-10-14/h5,7,14,17-19,29H,1-4,6,8-13H2,(H,30,32,33)/t17-,18?,19-/m0/s1. The number of imide groups is 1. The SMILES string of the molecule is O=C1CCC(N2Cc3c(ccc(O[C@H]4CCCC[C@@H]4NC4CCC(F)(F)CC4)c3F)C2=O)C(=O)N1. The fourth-order valence-electron chi connectivity index (χ4n) is 5.77. The number of rotatable bonds is 5. The molecule has 0 aromatic heterocycles. The second-order valence-electron chi connectivity index (χ2n) is 10.1. The van der Waals surface area contributed by atoms with Crippen LogP contribution in [0.15, 0.2) is 12.1 Å². The van der Waals surface area contributed by atoms with Crippen LogP contribution in [0.2, 0.25) is 0 Å². The Labute approximate surface area is 201 Å². The summed E-state index contributed by atoms with van der Waals surface area (Å²) in [6, 6.07) is 2.10. The maximum atomic E-state index is 15.5. The maximum absolute atomic E-state index is 15.5. The van der Waals surface area contributed by atoms with E-state index in [0.29, 0.717) is 12.8 Å². The normalized spacial score (nSPS) is 29.2. The van der Waals surface area contributed by atoms with E-state index in [1.54, 1.807) is 0 Å². The average Bonchev–Trinajstić information content (AvgIpc) is 3.15. The highest BCUT2D eigenvalue weighted by Gasteiger charge is 2.41. The molecule has 190 valence electrons. The summed E-state index contributed by atoms with van der Waals surface area (Å²) >= 11 is 0. The molecular formula is C25H30F3N3O4. The van der Waals surface area contributed by atoms with Crippen molar-refractivity contribution >= 4 is 17.7 Å². The summed E-state index contributed by atoms with van der Waals surface area (Å²) in [5, 5.41) is 5.73. The number of nitrogens with zero attached hydrogens (tertiary/aromatic N) is 1. The van der Waals surface area contributed by atoms with E-state index in [1.807, 2.05) is 0 Å². The molecule has 1 unspecified atom stereocenters. The predicted octanol–water partition coefficient (Wildman–Crippen LogP) is 3.44. The lowest BCUT2D eigenvalue weighted by atomic mass is 9.88. The molecule has 0 radical (unpaired) electrons. The summed E-state index contributed by atoms with van der Waals surface area (Å²) in [6.07, 6.45) is 4.05. The van der Waals surface area contributed by atoms with Crippen LogP contribution in [0, 0.1) is 5.82 Å². The number of amides is 3. The lowest BCUT2D eigenvalue weighted by Gasteiger charge is -2.37. The maximum Gasteiger partial charge on any atom is 0.255 e. The molecule has 1 aromatic carbocycles. The number of benzene rings is 1. The number of piperidine rings is 1. The summed E-state index contributed by atoms with van der Waals surface area (Å²) in [7, 11) is 0. The van der Waals surface area contributed by atoms with Crippen LogP contribution in [0.5, 0.6) is 5.75 Å². The van der Waals surface area contributed by atoms with Crippen molar-refractivity contribution in [3.8, 4) is 5.75 Å². The molecule has 2 N–H and O–H groups in total. The Bertz CT molecular complexity index is 1020. The molecule has 5 rings (SSSR count). The third kappa shape index (κ3) is 4.90. The molecule has 3 fully saturated rings. The van der Waals surface area contributed by atoms with Crippen molar-refractivity contribution in [1.82, 2.24) is 15.5 Å². The van der Waals surface area contributed by atoms with Crippen molar-refractivity contribution in [1.29, 1.82) is 0 Å². The molecule has 3 atom stereocenters. The molecular weight excluding hydrogens is 463 g/mol. The van der Waals surface area contributed by atoms with Crippen LogP contribution in [0.1, 0.15) is 80.1 Å².